The molecule has 8 heteroatoms. The molecule has 0 spiro atoms. The number of likely N-dealkylation sites (tertiary alicyclic amines) is 1. The van der Waals surface area contributed by atoms with Crippen LogP contribution >= 0.6 is 0 Å². The Labute approximate surface area is 178 Å². The summed E-state index contributed by atoms with van der Waals surface area (Å²) in [7, 11) is -0.395. The molecule has 7 nitrogen and oxygen atoms in total. The topological polar surface area (TPSA) is 76.2 Å². The highest BCUT2D eigenvalue weighted by molar-refractivity contribution is 7.92. The Morgan fingerprint density at radius 2 is 1.83 bits per heavy atom. The molecule has 1 fully saturated rings. The van der Waals surface area contributed by atoms with Crippen LogP contribution in [-0.4, -0.2) is 59.3 Å². The van der Waals surface area contributed by atoms with Gasteiger partial charge < -0.3 is 14.4 Å². The summed E-state index contributed by atoms with van der Waals surface area (Å²) in [4.78, 5) is 14.7. The highest BCUT2D eigenvalue weighted by Crippen LogP contribution is 2.39. The van der Waals surface area contributed by atoms with Crippen LogP contribution in [0.1, 0.15) is 23.5 Å². The number of hydrogen-bond donors (Lipinski definition) is 0. The summed E-state index contributed by atoms with van der Waals surface area (Å²) in [5.41, 5.74) is 2.50. The third-order valence-corrected chi connectivity index (χ3v) is 6.56. The van der Waals surface area contributed by atoms with Crippen molar-refractivity contribution in [3.8, 4) is 11.5 Å². The summed E-state index contributed by atoms with van der Waals surface area (Å²) >= 11 is 0. The number of rotatable bonds is 7. The maximum absolute atomic E-state index is 13.0. The monoisotopic (exact) mass is 432 g/mol. The van der Waals surface area contributed by atoms with Crippen molar-refractivity contribution in [1.29, 1.82) is 0 Å². The van der Waals surface area contributed by atoms with Gasteiger partial charge in [-0.15, -0.1) is 0 Å². The van der Waals surface area contributed by atoms with Gasteiger partial charge in [-0.05, 0) is 31.5 Å². The van der Waals surface area contributed by atoms with Crippen LogP contribution in [0.4, 0.5) is 5.69 Å². The Morgan fingerprint density at radius 1 is 1.13 bits per heavy atom. The second-order valence-electron chi connectivity index (χ2n) is 7.51. The molecule has 1 aliphatic heterocycles. The lowest BCUT2D eigenvalue weighted by Gasteiger charge is -2.25. The molecular formula is C22H28N2O5S. The van der Waals surface area contributed by atoms with Gasteiger partial charge in [-0.1, -0.05) is 29.8 Å². The van der Waals surface area contributed by atoms with E-state index in [4.69, 9.17) is 9.47 Å². The molecule has 162 valence electrons. The Bertz CT molecular complexity index is 1000. The number of sulfonamides is 1. The first kappa shape index (κ1) is 22.0. The fraction of sp³-hybridized carbons (Fsp3) is 0.409. The molecule has 0 saturated carbocycles. The van der Waals surface area contributed by atoms with Gasteiger partial charge in [0.05, 0.1) is 26.2 Å². The van der Waals surface area contributed by atoms with Gasteiger partial charge in [0.1, 0.15) is 6.54 Å². The van der Waals surface area contributed by atoms with E-state index in [-0.39, 0.29) is 18.4 Å². The van der Waals surface area contributed by atoms with Crippen LogP contribution in [0.2, 0.25) is 0 Å². The number of anilines is 1. The van der Waals surface area contributed by atoms with Crippen LogP contribution in [-0.2, 0) is 14.8 Å². The molecule has 0 N–H and O–H groups in total. The normalized spacial score (nSPS) is 16.4. The van der Waals surface area contributed by atoms with E-state index < -0.39 is 10.0 Å². The molecule has 0 bridgehead atoms. The van der Waals surface area contributed by atoms with Gasteiger partial charge in [0.15, 0.2) is 11.5 Å². The van der Waals surface area contributed by atoms with Crippen molar-refractivity contribution in [2.75, 3.05) is 44.4 Å². The number of nitrogens with zero attached hydrogens (tertiary/aromatic N) is 2. The van der Waals surface area contributed by atoms with E-state index in [1.807, 2.05) is 37.3 Å². The number of methoxy groups -OCH3 is 2. The van der Waals surface area contributed by atoms with E-state index >= 15 is 0 Å². The van der Waals surface area contributed by atoms with Gasteiger partial charge in [0.25, 0.3) is 0 Å². The summed E-state index contributed by atoms with van der Waals surface area (Å²) in [6.07, 6.45) is 1.90. The molecule has 1 atom stereocenters. The van der Waals surface area contributed by atoms with Crippen LogP contribution < -0.4 is 13.8 Å². The van der Waals surface area contributed by atoms with E-state index in [0.29, 0.717) is 30.3 Å². The fourth-order valence-electron chi connectivity index (χ4n) is 3.81. The highest BCUT2D eigenvalue weighted by atomic mass is 32.2. The molecule has 0 aromatic heterocycles. The first-order chi connectivity index (χ1) is 14.2. The smallest absolute Gasteiger partial charge is 0.243 e. The van der Waals surface area contributed by atoms with Crippen molar-refractivity contribution in [3.05, 3.63) is 53.6 Å². The molecular weight excluding hydrogens is 404 g/mol. The number of para-hydroxylation sites is 1. The third-order valence-electron chi connectivity index (χ3n) is 5.42. The molecule has 0 radical (unpaired) electrons. The Kier molecular flexibility index (Phi) is 6.55. The summed E-state index contributed by atoms with van der Waals surface area (Å²) in [6, 6.07) is 12.8. The van der Waals surface area contributed by atoms with Crippen molar-refractivity contribution < 1.29 is 22.7 Å². The molecule has 1 saturated heterocycles. The molecule has 1 unspecified atom stereocenters. The van der Waals surface area contributed by atoms with Crippen molar-refractivity contribution in [3.63, 3.8) is 0 Å². The third kappa shape index (κ3) is 4.70. The second-order valence-corrected chi connectivity index (χ2v) is 9.42. The van der Waals surface area contributed by atoms with Gasteiger partial charge in [-0.2, -0.15) is 0 Å². The van der Waals surface area contributed by atoms with Gasteiger partial charge in [0, 0.05) is 24.6 Å². The lowest BCUT2D eigenvalue weighted by Crippen LogP contribution is -2.41. The van der Waals surface area contributed by atoms with Crippen LogP contribution in [0, 0.1) is 6.92 Å². The second kappa shape index (κ2) is 8.95. The molecule has 2 aromatic rings. The summed E-state index contributed by atoms with van der Waals surface area (Å²) in [5.74, 6) is 1.22. The fourth-order valence-corrected chi connectivity index (χ4v) is 4.66. The maximum atomic E-state index is 13.0. The van der Waals surface area contributed by atoms with Crippen molar-refractivity contribution >= 4 is 21.6 Å². The van der Waals surface area contributed by atoms with E-state index in [0.717, 1.165) is 28.1 Å². The summed E-state index contributed by atoms with van der Waals surface area (Å²) < 4.78 is 36.7. The highest BCUT2D eigenvalue weighted by Gasteiger charge is 2.32. The molecule has 3 rings (SSSR count). The average Bonchev–Trinajstić information content (AvgIpc) is 3.21. The summed E-state index contributed by atoms with van der Waals surface area (Å²) in [5, 5.41) is 0. The Hall–Kier alpha value is -2.74. The standard InChI is InChI=1S/C22H28N2O5S/c1-16-8-10-18(11-9-16)24(30(4,26)27)15-21(25)23-13-12-17(14-23)19-6-5-7-20(28-2)22(19)29-3/h5-11,17H,12-15H2,1-4H3. The van der Waals surface area contributed by atoms with Crippen molar-refractivity contribution in [1.82, 2.24) is 4.90 Å². The molecule has 30 heavy (non-hydrogen) atoms. The lowest BCUT2D eigenvalue weighted by molar-refractivity contribution is -0.128. The number of carbonyl (C=O) groups excluding carboxylic acids is 1. The quantitative estimate of drug-likeness (QED) is 0.673. The van der Waals surface area contributed by atoms with E-state index in [2.05, 4.69) is 0 Å². The van der Waals surface area contributed by atoms with E-state index in [9.17, 15) is 13.2 Å². The Balaban J connectivity index is 1.76. The average molecular weight is 433 g/mol. The molecule has 1 heterocycles. The first-order valence-corrected chi connectivity index (χ1v) is 11.6. The first-order valence-electron chi connectivity index (χ1n) is 9.77. The van der Waals surface area contributed by atoms with E-state index in [1.54, 1.807) is 31.3 Å². The summed E-state index contributed by atoms with van der Waals surface area (Å²) in [6.45, 7) is 2.78. The van der Waals surface area contributed by atoms with Crippen LogP contribution in [0.5, 0.6) is 11.5 Å². The van der Waals surface area contributed by atoms with Crippen LogP contribution in [0.25, 0.3) is 0 Å². The minimum Gasteiger partial charge on any atom is -0.493 e. The van der Waals surface area contributed by atoms with Gasteiger partial charge >= 0.3 is 0 Å². The van der Waals surface area contributed by atoms with E-state index in [1.165, 1.54) is 0 Å². The zero-order chi connectivity index (χ0) is 21.9. The number of amides is 1. The number of benzene rings is 2. The molecule has 1 amide bonds. The number of hydrogen-bond acceptors (Lipinski definition) is 5. The largest absolute Gasteiger partial charge is 0.493 e. The van der Waals surface area contributed by atoms with Gasteiger partial charge in [-0.3, -0.25) is 9.10 Å². The number of ether oxygens (including phenoxy) is 2. The zero-order valence-electron chi connectivity index (χ0n) is 17.8. The van der Waals surface area contributed by atoms with Gasteiger partial charge in [0.2, 0.25) is 15.9 Å². The number of aryl methyl sites for hydroxylation is 1. The minimum absolute atomic E-state index is 0.102. The predicted molar refractivity (Wildman–Crippen MR) is 117 cm³/mol. The number of carbonyl (C=O) groups is 1. The Morgan fingerprint density at radius 3 is 2.43 bits per heavy atom. The molecule has 0 aliphatic carbocycles. The van der Waals surface area contributed by atoms with Crippen molar-refractivity contribution in [2.45, 2.75) is 19.3 Å². The SMILES string of the molecule is COc1cccc(C2CCN(C(=O)CN(c3ccc(C)cc3)S(C)(=O)=O)C2)c1OC. The minimum atomic E-state index is -3.59. The lowest BCUT2D eigenvalue weighted by atomic mass is 9.97. The zero-order valence-corrected chi connectivity index (χ0v) is 18.6. The maximum Gasteiger partial charge on any atom is 0.243 e. The van der Waals surface area contributed by atoms with Crippen molar-refractivity contribution in [2.24, 2.45) is 0 Å². The molecule has 1 aliphatic rings. The predicted octanol–water partition coefficient (Wildman–Crippen LogP) is 2.79. The van der Waals surface area contributed by atoms with Gasteiger partial charge in [-0.25, -0.2) is 8.42 Å². The molecule has 2 aromatic carbocycles. The van der Waals surface area contributed by atoms with Crippen LogP contribution in [0.15, 0.2) is 42.5 Å². The van der Waals surface area contributed by atoms with Crippen LogP contribution in [0.3, 0.4) is 0 Å².